The third kappa shape index (κ3) is 5.11. The second-order valence-electron chi connectivity index (χ2n) is 7.78. The van der Waals surface area contributed by atoms with E-state index in [1.54, 1.807) is 7.11 Å². The number of aromatic hydroxyl groups is 1. The molecule has 6 nitrogen and oxygen atoms in total. The SMILES string of the molecule is COc1ccccc1N1CCN(CCCn2c(O)c(Cc3ccccc3)sc2=O)CC1. The Balaban J connectivity index is 1.28. The molecule has 0 saturated carbocycles. The number of methoxy groups -OCH3 is 1. The van der Waals surface area contributed by atoms with Crippen molar-refractivity contribution in [3.63, 3.8) is 0 Å². The van der Waals surface area contributed by atoms with E-state index in [1.807, 2.05) is 48.5 Å². The summed E-state index contributed by atoms with van der Waals surface area (Å²) < 4.78 is 7.01. The lowest BCUT2D eigenvalue weighted by Gasteiger charge is -2.36. The molecule has 2 aromatic carbocycles. The van der Waals surface area contributed by atoms with E-state index in [2.05, 4.69) is 15.9 Å². The minimum atomic E-state index is -0.0792. The van der Waals surface area contributed by atoms with E-state index in [-0.39, 0.29) is 10.8 Å². The van der Waals surface area contributed by atoms with Crippen LogP contribution >= 0.6 is 11.3 Å². The number of hydrogen-bond acceptors (Lipinski definition) is 6. The Hall–Kier alpha value is -2.77. The number of benzene rings is 2. The Bertz CT molecular complexity index is 1040. The van der Waals surface area contributed by atoms with Crippen molar-refractivity contribution in [1.29, 1.82) is 0 Å². The zero-order valence-electron chi connectivity index (χ0n) is 17.9. The first-order valence-corrected chi connectivity index (χ1v) is 11.5. The van der Waals surface area contributed by atoms with E-state index in [1.165, 1.54) is 4.57 Å². The van der Waals surface area contributed by atoms with E-state index in [9.17, 15) is 9.90 Å². The minimum Gasteiger partial charge on any atom is -0.495 e. The highest BCUT2D eigenvalue weighted by Crippen LogP contribution is 2.28. The fraction of sp³-hybridized carbons (Fsp3) is 0.375. The molecule has 1 saturated heterocycles. The lowest BCUT2D eigenvalue weighted by Crippen LogP contribution is -2.46. The molecular formula is C24H29N3O3S. The Morgan fingerprint density at radius 2 is 1.68 bits per heavy atom. The van der Waals surface area contributed by atoms with Crippen molar-refractivity contribution in [1.82, 2.24) is 9.47 Å². The molecule has 0 spiro atoms. The minimum absolute atomic E-state index is 0.0792. The molecule has 0 bridgehead atoms. The molecule has 3 aromatic rings. The summed E-state index contributed by atoms with van der Waals surface area (Å²) in [5.74, 6) is 1.04. The molecule has 1 aliphatic heterocycles. The van der Waals surface area contributed by atoms with Crippen molar-refractivity contribution in [3.8, 4) is 11.6 Å². The van der Waals surface area contributed by atoms with Crippen molar-refractivity contribution in [2.75, 3.05) is 44.7 Å². The molecule has 4 rings (SSSR count). The van der Waals surface area contributed by atoms with Crippen LogP contribution in [-0.4, -0.2) is 54.4 Å². The van der Waals surface area contributed by atoms with E-state index in [0.717, 1.165) is 72.4 Å². The van der Waals surface area contributed by atoms with Gasteiger partial charge in [0.05, 0.1) is 17.7 Å². The summed E-state index contributed by atoms with van der Waals surface area (Å²) in [4.78, 5) is 17.8. The molecule has 7 heteroatoms. The fourth-order valence-electron chi connectivity index (χ4n) is 4.09. The fourth-order valence-corrected chi connectivity index (χ4v) is 5.03. The van der Waals surface area contributed by atoms with Crippen LogP contribution in [0.2, 0.25) is 0 Å². The highest BCUT2D eigenvalue weighted by molar-refractivity contribution is 7.09. The first-order valence-electron chi connectivity index (χ1n) is 10.7. The Labute approximate surface area is 186 Å². The second kappa shape index (κ2) is 10.0. The third-order valence-corrected chi connectivity index (χ3v) is 6.77. The highest BCUT2D eigenvalue weighted by atomic mass is 32.1. The molecule has 1 fully saturated rings. The van der Waals surface area contributed by atoms with Gasteiger partial charge in [-0.1, -0.05) is 53.8 Å². The Morgan fingerprint density at radius 1 is 0.968 bits per heavy atom. The second-order valence-corrected chi connectivity index (χ2v) is 8.83. The van der Waals surface area contributed by atoms with Crippen LogP contribution < -0.4 is 14.5 Å². The van der Waals surface area contributed by atoms with Gasteiger partial charge in [0.1, 0.15) is 5.75 Å². The zero-order chi connectivity index (χ0) is 21.6. The van der Waals surface area contributed by atoms with Gasteiger partial charge in [0.2, 0.25) is 5.88 Å². The largest absolute Gasteiger partial charge is 0.495 e. The molecule has 1 aromatic heterocycles. The molecule has 31 heavy (non-hydrogen) atoms. The van der Waals surface area contributed by atoms with Gasteiger partial charge in [0, 0.05) is 39.1 Å². The summed E-state index contributed by atoms with van der Waals surface area (Å²) in [6, 6.07) is 18.1. The number of rotatable bonds is 8. The van der Waals surface area contributed by atoms with Crippen molar-refractivity contribution in [3.05, 3.63) is 74.7 Å². The molecule has 0 amide bonds. The van der Waals surface area contributed by atoms with Gasteiger partial charge in [-0.05, 0) is 30.7 Å². The molecule has 0 unspecified atom stereocenters. The maximum Gasteiger partial charge on any atom is 0.310 e. The molecule has 0 aliphatic carbocycles. The first-order chi connectivity index (χ1) is 15.2. The summed E-state index contributed by atoms with van der Waals surface area (Å²) in [5, 5.41) is 10.6. The van der Waals surface area contributed by atoms with Gasteiger partial charge in [-0.15, -0.1) is 0 Å². The normalized spacial score (nSPS) is 14.7. The zero-order valence-corrected chi connectivity index (χ0v) is 18.7. The van der Waals surface area contributed by atoms with Gasteiger partial charge in [0.25, 0.3) is 0 Å². The van der Waals surface area contributed by atoms with E-state index < -0.39 is 0 Å². The average molecular weight is 440 g/mol. The maximum absolute atomic E-state index is 12.4. The summed E-state index contributed by atoms with van der Waals surface area (Å²) in [6.07, 6.45) is 1.42. The van der Waals surface area contributed by atoms with Crippen LogP contribution in [0, 0.1) is 0 Å². The number of thiazole rings is 1. The summed E-state index contributed by atoms with van der Waals surface area (Å²) in [7, 11) is 1.71. The average Bonchev–Trinajstić information content (AvgIpc) is 3.07. The van der Waals surface area contributed by atoms with Gasteiger partial charge < -0.3 is 14.7 Å². The lowest BCUT2D eigenvalue weighted by atomic mass is 10.1. The van der Waals surface area contributed by atoms with E-state index in [4.69, 9.17) is 4.74 Å². The Kier molecular flexibility index (Phi) is 6.94. The van der Waals surface area contributed by atoms with Gasteiger partial charge in [-0.3, -0.25) is 14.3 Å². The highest BCUT2D eigenvalue weighted by Gasteiger charge is 2.20. The van der Waals surface area contributed by atoms with Crippen LogP contribution in [0.3, 0.4) is 0 Å². The van der Waals surface area contributed by atoms with Gasteiger partial charge in [-0.25, -0.2) is 0 Å². The van der Waals surface area contributed by atoms with Crippen LogP contribution in [-0.2, 0) is 13.0 Å². The van der Waals surface area contributed by atoms with Crippen molar-refractivity contribution in [2.45, 2.75) is 19.4 Å². The van der Waals surface area contributed by atoms with Crippen LogP contribution in [0.4, 0.5) is 5.69 Å². The summed E-state index contributed by atoms with van der Waals surface area (Å²) >= 11 is 1.15. The molecule has 0 atom stereocenters. The molecule has 2 heterocycles. The standard InChI is InChI=1S/C24H29N3O3S/c1-30-21-11-6-5-10-20(21)26-16-14-25(15-17-26)12-7-13-27-23(28)22(31-24(27)29)18-19-8-3-2-4-9-19/h2-6,8-11,28H,7,12-18H2,1H3. The number of aromatic nitrogens is 1. The van der Waals surface area contributed by atoms with Crippen molar-refractivity contribution < 1.29 is 9.84 Å². The van der Waals surface area contributed by atoms with Gasteiger partial charge >= 0.3 is 4.87 Å². The lowest BCUT2D eigenvalue weighted by molar-refractivity contribution is 0.247. The van der Waals surface area contributed by atoms with Crippen molar-refractivity contribution in [2.24, 2.45) is 0 Å². The number of anilines is 1. The van der Waals surface area contributed by atoms with Crippen LogP contribution in [0.15, 0.2) is 59.4 Å². The van der Waals surface area contributed by atoms with Crippen LogP contribution in [0.1, 0.15) is 16.9 Å². The smallest absolute Gasteiger partial charge is 0.310 e. The Morgan fingerprint density at radius 3 is 2.42 bits per heavy atom. The number of piperazine rings is 1. The summed E-state index contributed by atoms with van der Waals surface area (Å²) in [5.41, 5.74) is 2.24. The van der Waals surface area contributed by atoms with E-state index >= 15 is 0 Å². The predicted molar refractivity (Wildman–Crippen MR) is 126 cm³/mol. The van der Waals surface area contributed by atoms with Crippen molar-refractivity contribution >= 4 is 17.0 Å². The first kappa shape index (κ1) is 21.5. The molecule has 1 N–H and O–H groups in total. The molecule has 164 valence electrons. The molecule has 0 radical (unpaired) electrons. The number of nitrogens with zero attached hydrogens (tertiary/aromatic N) is 3. The molecule has 1 aliphatic rings. The maximum atomic E-state index is 12.4. The number of hydrogen-bond donors (Lipinski definition) is 1. The topological polar surface area (TPSA) is 57.9 Å². The quantitative estimate of drug-likeness (QED) is 0.583. The number of para-hydroxylation sites is 2. The van der Waals surface area contributed by atoms with Crippen LogP contribution in [0.5, 0.6) is 11.6 Å². The van der Waals surface area contributed by atoms with Gasteiger partial charge in [0.15, 0.2) is 0 Å². The predicted octanol–water partition coefficient (Wildman–Crippen LogP) is 3.43. The summed E-state index contributed by atoms with van der Waals surface area (Å²) in [6.45, 7) is 5.30. The molecular weight excluding hydrogens is 410 g/mol. The van der Waals surface area contributed by atoms with E-state index in [0.29, 0.717) is 13.0 Å². The van der Waals surface area contributed by atoms with Gasteiger partial charge in [-0.2, -0.15) is 0 Å². The number of ether oxygens (including phenoxy) is 1. The third-order valence-electron chi connectivity index (χ3n) is 5.80. The monoisotopic (exact) mass is 439 g/mol. The van der Waals surface area contributed by atoms with Crippen LogP contribution in [0.25, 0.3) is 0 Å².